The van der Waals surface area contributed by atoms with E-state index in [1.807, 2.05) is 25.1 Å². The minimum Gasteiger partial charge on any atom is -0.481 e. The molecule has 1 aromatic carbocycles. The maximum atomic E-state index is 11.2. The van der Waals surface area contributed by atoms with Crippen molar-refractivity contribution in [1.82, 2.24) is 9.78 Å². The molecule has 0 amide bonds. The van der Waals surface area contributed by atoms with Crippen LogP contribution in [0.3, 0.4) is 0 Å². The third-order valence-corrected chi connectivity index (χ3v) is 4.04. The highest BCUT2D eigenvalue weighted by molar-refractivity contribution is 9.10. The van der Waals surface area contributed by atoms with Gasteiger partial charge < -0.3 is 5.11 Å². The number of hydrogen-bond donors (Lipinski definition) is 1. The smallest absolute Gasteiger partial charge is 0.315 e. The van der Waals surface area contributed by atoms with Crippen LogP contribution in [-0.2, 0) is 10.2 Å². The first kappa shape index (κ1) is 13.8. The summed E-state index contributed by atoms with van der Waals surface area (Å²) in [5.41, 5.74) is 1.58. The number of hydrogen-bond acceptors (Lipinski definition) is 2. The number of aryl methyl sites for hydroxylation is 1. The molecule has 0 aliphatic carbocycles. The Labute approximate surface area is 120 Å². The summed E-state index contributed by atoms with van der Waals surface area (Å²) in [6, 6.07) is 7.63. The highest BCUT2D eigenvalue weighted by atomic mass is 79.9. The molecule has 4 nitrogen and oxygen atoms in total. The molecule has 5 heteroatoms. The molecule has 0 fully saturated rings. The van der Waals surface area contributed by atoms with E-state index < -0.39 is 11.4 Å². The van der Waals surface area contributed by atoms with Gasteiger partial charge in [0.05, 0.1) is 11.4 Å². The maximum absolute atomic E-state index is 11.2. The first-order valence-corrected chi connectivity index (χ1v) is 6.68. The van der Waals surface area contributed by atoms with E-state index in [4.69, 9.17) is 0 Å². The van der Waals surface area contributed by atoms with Crippen molar-refractivity contribution in [2.75, 3.05) is 0 Å². The number of aliphatic carboxylic acids is 1. The van der Waals surface area contributed by atoms with Gasteiger partial charge in [0.25, 0.3) is 0 Å². The van der Waals surface area contributed by atoms with Gasteiger partial charge in [-0.05, 0) is 44.5 Å². The second-order valence-corrected chi connectivity index (χ2v) is 5.86. The molecule has 0 unspecified atom stereocenters. The van der Waals surface area contributed by atoms with Crippen LogP contribution in [0.2, 0.25) is 0 Å². The number of rotatable bonds is 3. The van der Waals surface area contributed by atoms with Crippen LogP contribution in [0.25, 0.3) is 5.69 Å². The average molecular weight is 323 g/mol. The highest BCUT2D eigenvalue weighted by Gasteiger charge is 2.32. The summed E-state index contributed by atoms with van der Waals surface area (Å²) in [6.07, 6.45) is 1.77. The molecule has 1 N–H and O–H groups in total. The summed E-state index contributed by atoms with van der Waals surface area (Å²) < 4.78 is 2.68. The largest absolute Gasteiger partial charge is 0.481 e. The van der Waals surface area contributed by atoms with Crippen LogP contribution in [0, 0.1) is 6.92 Å². The quantitative estimate of drug-likeness (QED) is 0.943. The molecule has 0 radical (unpaired) electrons. The van der Waals surface area contributed by atoms with Gasteiger partial charge in [0.15, 0.2) is 0 Å². The summed E-state index contributed by atoms with van der Waals surface area (Å²) in [5.74, 6) is -0.886. The maximum Gasteiger partial charge on any atom is 0.315 e. The Balaban J connectivity index is 2.41. The van der Waals surface area contributed by atoms with Crippen LogP contribution < -0.4 is 0 Å². The molecule has 2 aromatic rings. The Morgan fingerprint density at radius 2 is 2.05 bits per heavy atom. The molecule has 100 valence electrons. The van der Waals surface area contributed by atoms with E-state index in [1.165, 1.54) is 0 Å². The zero-order valence-electron chi connectivity index (χ0n) is 11.0. The second kappa shape index (κ2) is 4.81. The van der Waals surface area contributed by atoms with Gasteiger partial charge in [-0.2, -0.15) is 5.10 Å². The lowest BCUT2D eigenvalue weighted by Gasteiger charge is -2.15. The summed E-state index contributed by atoms with van der Waals surface area (Å²) >= 11 is 3.48. The normalized spacial score (nSPS) is 11.6. The van der Waals surface area contributed by atoms with Crippen molar-refractivity contribution in [3.63, 3.8) is 0 Å². The average Bonchev–Trinajstić information content (AvgIpc) is 2.82. The van der Waals surface area contributed by atoms with Gasteiger partial charge in [0.1, 0.15) is 5.41 Å². The summed E-state index contributed by atoms with van der Waals surface area (Å²) in [7, 11) is 0. The minimum atomic E-state index is -0.993. The van der Waals surface area contributed by atoms with E-state index in [0.29, 0.717) is 5.69 Å². The van der Waals surface area contributed by atoms with Gasteiger partial charge in [-0.3, -0.25) is 4.79 Å². The lowest BCUT2D eigenvalue weighted by atomic mass is 9.90. The summed E-state index contributed by atoms with van der Waals surface area (Å²) in [5, 5.41) is 13.6. The molecule has 19 heavy (non-hydrogen) atoms. The Morgan fingerprint density at radius 1 is 1.37 bits per heavy atom. The zero-order valence-corrected chi connectivity index (χ0v) is 12.6. The molecule has 0 atom stereocenters. The summed E-state index contributed by atoms with van der Waals surface area (Å²) in [6.45, 7) is 5.30. The molecular formula is C14H15BrN2O2. The van der Waals surface area contributed by atoms with E-state index in [-0.39, 0.29) is 0 Å². The first-order chi connectivity index (χ1) is 8.82. The monoisotopic (exact) mass is 322 g/mol. The lowest BCUT2D eigenvalue weighted by Crippen LogP contribution is -2.29. The number of benzene rings is 1. The van der Waals surface area contributed by atoms with E-state index in [2.05, 4.69) is 21.0 Å². The standard InChI is InChI=1S/C14H15BrN2O2/c1-9-4-5-10(8-11(9)15)17-7-6-12(16-17)14(2,3)13(18)19/h4-8H,1-3H3,(H,18,19). The van der Waals surface area contributed by atoms with Crippen molar-refractivity contribution in [3.8, 4) is 5.69 Å². The van der Waals surface area contributed by atoms with Crippen LogP contribution in [-0.4, -0.2) is 20.9 Å². The fourth-order valence-electron chi connectivity index (χ4n) is 1.63. The van der Waals surface area contributed by atoms with Crippen LogP contribution in [0.4, 0.5) is 0 Å². The van der Waals surface area contributed by atoms with E-state index in [1.54, 1.807) is 30.8 Å². The van der Waals surface area contributed by atoms with Crippen molar-refractivity contribution in [3.05, 3.63) is 46.2 Å². The SMILES string of the molecule is Cc1ccc(-n2ccc(C(C)(C)C(=O)O)n2)cc1Br. The number of nitrogens with zero attached hydrogens (tertiary/aromatic N) is 2. The summed E-state index contributed by atoms with van der Waals surface area (Å²) in [4.78, 5) is 11.2. The Kier molecular flexibility index (Phi) is 3.49. The van der Waals surface area contributed by atoms with Crippen molar-refractivity contribution >= 4 is 21.9 Å². The number of carboxylic acids is 1. The first-order valence-electron chi connectivity index (χ1n) is 5.88. The molecule has 0 bridgehead atoms. The number of aromatic nitrogens is 2. The van der Waals surface area contributed by atoms with E-state index in [9.17, 15) is 9.90 Å². The lowest BCUT2D eigenvalue weighted by molar-refractivity contribution is -0.142. The van der Waals surface area contributed by atoms with Crippen molar-refractivity contribution in [1.29, 1.82) is 0 Å². The molecule has 1 aromatic heterocycles. The topological polar surface area (TPSA) is 55.1 Å². The van der Waals surface area contributed by atoms with Crippen molar-refractivity contribution in [2.24, 2.45) is 0 Å². The zero-order chi connectivity index (χ0) is 14.2. The van der Waals surface area contributed by atoms with E-state index >= 15 is 0 Å². The number of halogens is 1. The Hall–Kier alpha value is -1.62. The highest BCUT2D eigenvalue weighted by Crippen LogP contribution is 2.24. The third kappa shape index (κ3) is 2.56. The predicted molar refractivity (Wildman–Crippen MR) is 76.7 cm³/mol. The molecular weight excluding hydrogens is 308 g/mol. The van der Waals surface area contributed by atoms with Crippen LogP contribution in [0.5, 0.6) is 0 Å². The van der Waals surface area contributed by atoms with Crippen LogP contribution in [0.15, 0.2) is 34.9 Å². The molecule has 1 heterocycles. The van der Waals surface area contributed by atoms with Crippen LogP contribution in [0.1, 0.15) is 25.1 Å². The Bertz CT molecular complexity index is 632. The van der Waals surface area contributed by atoms with E-state index in [0.717, 1.165) is 15.7 Å². The van der Waals surface area contributed by atoms with Gasteiger partial charge in [-0.1, -0.05) is 22.0 Å². The molecule has 0 saturated carbocycles. The number of carbonyl (C=O) groups is 1. The van der Waals surface area contributed by atoms with Gasteiger partial charge in [0, 0.05) is 10.7 Å². The van der Waals surface area contributed by atoms with Gasteiger partial charge in [-0.15, -0.1) is 0 Å². The van der Waals surface area contributed by atoms with Crippen molar-refractivity contribution in [2.45, 2.75) is 26.2 Å². The van der Waals surface area contributed by atoms with Crippen molar-refractivity contribution < 1.29 is 9.90 Å². The number of carboxylic acid groups (broad SMARTS) is 1. The fraction of sp³-hybridized carbons (Fsp3) is 0.286. The molecule has 0 saturated heterocycles. The van der Waals surface area contributed by atoms with Gasteiger partial charge in [-0.25, -0.2) is 4.68 Å². The molecule has 0 aliphatic heterocycles. The fourth-order valence-corrected chi connectivity index (χ4v) is 2.00. The predicted octanol–water partition coefficient (Wildman–Crippen LogP) is 3.31. The molecule has 0 spiro atoms. The van der Waals surface area contributed by atoms with Gasteiger partial charge in [0.2, 0.25) is 0 Å². The molecule has 0 aliphatic rings. The third-order valence-electron chi connectivity index (χ3n) is 3.18. The van der Waals surface area contributed by atoms with Gasteiger partial charge >= 0.3 is 5.97 Å². The van der Waals surface area contributed by atoms with Crippen LogP contribution >= 0.6 is 15.9 Å². The minimum absolute atomic E-state index is 0.539. The second-order valence-electron chi connectivity index (χ2n) is 5.01. The Morgan fingerprint density at radius 3 is 2.63 bits per heavy atom. The molecule has 2 rings (SSSR count).